The fourth-order valence-electron chi connectivity index (χ4n) is 1.40. The highest BCUT2D eigenvalue weighted by Gasteiger charge is 2.15. The summed E-state index contributed by atoms with van der Waals surface area (Å²) in [6, 6.07) is 2.18. The van der Waals surface area contributed by atoms with E-state index in [9.17, 15) is 8.78 Å². The van der Waals surface area contributed by atoms with Crippen LogP contribution in [0.2, 0.25) is 0 Å². The number of benzene rings is 1. The minimum atomic E-state index is -0.593. The summed E-state index contributed by atoms with van der Waals surface area (Å²) in [5, 5.41) is 0. The normalized spacial score (nSPS) is 14.0. The van der Waals surface area contributed by atoms with Crippen molar-refractivity contribution in [3.05, 3.63) is 29.3 Å². The first-order valence-corrected chi connectivity index (χ1v) is 3.88. The van der Waals surface area contributed by atoms with Crippen LogP contribution in [0.15, 0.2) is 12.1 Å². The molecular formula is C9H9ClF2O. The molecule has 1 aromatic carbocycles. The van der Waals surface area contributed by atoms with Crippen LogP contribution in [0.3, 0.4) is 0 Å². The first-order chi connectivity index (χ1) is 5.77. The summed E-state index contributed by atoms with van der Waals surface area (Å²) in [5.41, 5.74) is 0.638. The Hall–Kier alpha value is -0.830. The molecule has 1 aliphatic rings. The summed E-state index contributed by atoms with van der Waals surface area (Å²) >= 11 is 0. The van der Waals surface area contributed by atoms with Gasteiger partial charge in [0.15, 0.2) is 11.6 Å². The molecule has 0 atom stereocenters. The maximum atomic E-state index is 13.0. The van der Waals surface area contributed by atoms with E-state index in [-0.39, 0.29) is 18.2 Å². The molecule has 0 amide bonds. The largest absolute Gasteiger partial charge is 0.490 e. The first kappa shape index (κ1) is 10.3. The van der Waals surface area contributed by atoms with Gasteiger partial charge in [0.05, 0.1) is 6.61 Å². The molecular weight excluding hydrogens is 198 g/mol. The van der Waals surface area contributed by atoms with Gasteiger partial charge >= 0.3 is 0 Å². The fraction of sp³-hybridized carbons (Fsp3) is 0.333. The van der Waals surface area contributed by atoms with Gasteiger partial charge in [-0.1, -0.05) is 0 Å². The average Bonchev–Trinajstić information content (AvgIpc) is 2.04. The molecule has 0 aliphatic carbocycles. The number of halogens is 3. The van der Waals surface area contributed by atoms with Crippen molar-refractivity contribution < 1.29 is 13.5 Å². The van der Waals surface area contributed by atoms with Crippen molar-refractivity contribution in [1.29, 1.82) is 0 Å². The third-order valence-corrected chi connectivity index (χ3v) is 1.92. The Kier molecular flexibility index (Phi) is 3.09. The monoisotopic (exact) mass is 206 g/mol. The molecule has 1 heterocycles. The van der Waals surface area contributed by atoms with Crippen molar-refractivity contribution in [3.63, 3.8) is 0 Å². The van der Waals surface area contributed by atoms with Gasteiger partial charge in [-0.3, -0.25) is 0 Å². The molecule has 4 heteroatoms. The molecule has 0 bridgehead atoms. The second-order valence-electron chi connectivity index (χ2n) is 2.83. The van der Waals surface area contributed by atoms with E-state index >= 15 is 0 Å². The fourth-order valence-corrected chi connectivity index (χ4v) is 1.40. The van der Waals surface area contributed by atoms with Gasteiger partial charge in [-0.15, -0.1) is 12.4 Å². The molecule has 1 aromatic rings. The zero-order valence-corrected chi connectivity index (χ0v) is 7.66. The van der Waals surface area contributed by atoms with Gasteiger partial charge in [0.25, 0.3) is 0 Å². The van der Waals surface area contributed by atoms with Crippen LogP contribution >= 0.6 is 12.4 Å². The smallest absolute Gasteiger partial charge is 0.168 e. The zero-order chi connectivity index (χ0) is 8.55. The number of ether oxygens (including phenoxy) is 1. The molecule has 13 heavy (non-hydrogen) atoms. The van der Waals surface area contributed by atoms with Crippen molar-refractivity contribution >= 4 is 12.4 Å². The molecule has 0 saturated heterocycles. The molecule has 1 aliphatic heterocycles. The van der Waals surface area contributed by atoms with Crippen LogP contribution in [0.5, 0.6) is 5.75 Å². The Morgan fingerprint density at radius 1 is 1.23 bits per heavy atom. The van der Waals surface area contributed by atoms with Gasteiger partial charge in [-0.2, -0.15) is 0 Å². The van der Waals surface area contributed by atoms with E-state index in [1.165, 1.54) is 6.07 Å². The topological polar surface area (TPSA) is 9.23 Å². The highest BCUT2D eigenvalue weighted by atomic mass is 35.5. The lowest BCUT2D eigenvalue weighted by molar-refractivity contribution is 0.272. The first-order valence-electron chi connectivity index (χ1n) is 3.88. The van der Waals surface area contributed by atoms with Crippen molar-refractivity contribution in [1.82, 2.24) is 0 Å². The summed E-state index contributed by atoms with van der Waals surface area (Å²) in [6.45, 7) is 0.523. The highest BCUT2D eigenvalue weighted by molar-refractivity contribution is 5.85. The minimum absolute atomic E-state index is 0. The summed E-state index contributed by atoms with van der Waals surface area (Å²) in [5.74, 6) is -0.899. The van der Waals surface area contributed by atoms with Crippen LogP contribution < -0.4 is 4.74 Å². The molecule has 1 nitrogen and oxygen atoms in total. The number of fused-ring (bicyclic) bond motifs is 1. The molecule has 72 valence electrons. The number of aryl methyl sites for hydroxylation is 1. The lowest BCUT2D eigenvalue weighted by Crippen LogP contribution is -2.10. The van der Waals surface area contributed by atoms with Gasteiger partial charge < -0.3 is 4.74 Å². The summed E-state index contributed by atoms with van der Waals surface area (Å²) < 4.78 is 30.7. The molecule has 0 unspecified atom stereocenters. The van der Waals surface area contributed by atoms with Gasteiger partial charge in [-0.25, -0.2) is 8.78 Å². The van der Waals surface area contributed by atoms with E-state index < -0.39 is 11.6 Å². The average molecular weight is 207 g/mol. The second-order valence-corrected chi connectivity index (χ2v) is 2.83. The second kappa shape index (κ2) is 3.92. The number of hydrogen-bond acceptors (Lipinski definition) is 1. The SMILES string of the molecule is Cl.Fc1cc(F)c2c(c1)CCCO2. The Morgan fingerprint density at radius 2 is 2.00 bits per heavy atom. The molecule has 0 radical (unpaired) electrons. The molecule has 2 rings (SSSR count). The van der Waals surface area contributed by atoms with Gasteiger partial charge in [0.1, 0.15) is 5.82 Å². The summed E-state index contributed by atoms with van der Waals surface area (Å²) in [6.07, 6.45) is 1.53. The van der Waals surface area contributed by atoms with E-state index in [0.29, 0.717) is 18.6 Å². The Balaban J connectivity index is 0.000000845. The molecule has 0 spiro atoms. The van der Waals surface area contributed by atoms with E-state index in [1.807, 2.05) is 0 Å². The number of rotatable bonds is 0. The van der Waals surface area contributed by atoms with Crippen LogP contribution in [0.25, 0.3) is 0 Å². The van der Waals surface area contributed by atoms with E-state index in [2.05, 4.69) is 0 Å². The van der Waals surface area contributed by atoms with Gasteiger partial charge in [0.2, 0.25) is 0 Å². The Morgan fingerprint density at radius 3 is 2.77 bits per heavy atom. The zero-order valence-electron chi connectivity index (χ0n) is 6.85. The Bertz CT molecular complexity index is 315. The molecule has 0 N–H and O–H groups in total. The van der Waals surface area contributed by atoms with Gasteiger partial charge in [0, 0.05) is 11.6 Å². The van der Waals surface area contributed by atoms with E-state index in [0.717, 1.165) is 12.5 Å². The predicted molar refractivity (Wildman–Crippen MR) is 47.4 cm³/mol. The third kappa shape index (κ3) is 1.91. The molecule has 0 fully saturated rings. The third-order valence-electron chi connectivity index (χ3n) is 1.92. The lowest BCUT2D eigenvalue weighted by Gasteiger charge is -2.17. The van der Waals surface area contributed by atoms with E-state index in [1.54, 1.807) is 0 Å². The maximum absolute atomic E-state index is 13.0. The highest BCUT2D eigenvalue weighted by Crippen LogP contribution is 2.28. The summed E-state index contributed by atoms with van der Waals surface area (Å²) in [4.78, 5) is 0. The number of hydrogen-bond donors (Lipinski definition) is 0. The van der Waals surface area contributed by atoms with Crippen LogP contribution in [0.1, 0.15) is 12.0 Å². The molecule has 0 aromatic heterocycles. The van der Waals surface area contributed by atoms with Crippen molar-refractivity contribution in [2.75, 3.05) is 6.61 Å². The lowest BCUT2D eigenvalue weighted by atomic mass is 10.1. The summed E-state index contributed by atoms with van der Waals surface area (Å²) in [7, 11) is 0. The van der Waals surface area contributed by atoms with Crippen LogP contribution in [-0.4, -0.2) is 6.61 Å². The van der Waals surface area contributed by atoms with Gasteiger partial charge in [-0.05, 0) is 18.9 Å². The predicted octanol–water partition coefficient (Wildman–Crippen LogP) is 2.71. The van der Waals surface area contributed by atoms with Crippen molar-refractivity contribution in [2.24, 2.45) is 0 Å². The van der Waals surface area contributed by atoms with Crippen LogP contribution in [0, 0.1) is 11.6 Å². The van der Waals surface area contributed by atoms with Crippen LogP contribution in [0.4, 0.5) is 8.78 Å². The maximum Gasteiger partial charge on any atom is 0.168 e. The Labute approximate surface area is 81.1 Å². The van der Waals surface area contributed by atoms with Crippen molar-refractivity contribution in [3.8, 4) is 5.75 Å². The van der Waals surface area contributed by atoms with Crippen molar-refractivity contribution in [2.45, 2.75) is 12.8 Å². The standard InChI is InChI=1S/C9H8F2O.ClH/c10-7-4-6-2-1-3-12-9(6)8(11)5-7;/h4-5H,1-3H2;1H. The van der Waals surface area contributed by atoms with E-state index in [4.69, 9.17) is 4.74 Å². The molecule has 0 saturated carbocycles. The van der Waals surface area contributed by atoms with Crippen LogP contribution in [-0.2, 0) is 6.42 Å². The minimum Gasteiger partial charge on any atom is -0.490 e. The quantitative estimate of drug-likeness (QED) is 0.634.